The highest BCUT2D eigenvalue weighted by Gasteiger charge is 2.19. The molecular formula is C11H14FNO3. The number of aliphatic carboxylic acids is 1. The second kappa shape index (κ2) is 5.46. The van der Waals surface area contributed by atoms with Gasteiger partial charge in [0.15, 0.2) is 0 Å². The molecule has 0 aliphatic carbocycles. The van der Waals surface area contributed by atoms with Gasteiger partial charge in [-0.3, -0.25) is 4.79 Å². The van der Waals surface area contributed by atoms with E-state index in [1.165, 1.54) is 6.07 Å². The van der Waals surface area contributed by atoms with Crippen LogP contribution in [0.15, 0.2) is 18.2 Å². The number of nitrogens with one attached hydrogen (secondary N) is 1. The highest BCUT2D eigenvalue weighted by atomic mass is 19.1. The van der Waals surface area contributed by atoms with Crippen molar-refractivity contribution in [2.75, 3.05) is 6.54 Å². The van der Waals surface area contributed by atoms with Gasteiger partial charge in [-0.1, -0.05) is 6.92 Å². The van der Waals surface area contributed by atoms with Gasteiger partial charge in [-0.05, 0) is 30.7 Å². The Balaban J connectivity index is 2.96. The summed E-state index contributed by atoms with van der Waals surface area (Å²) in [6.45, 7) is 2.41. The molecule has 4 nitrogen and oxygen atoms in total. The third-order valence-corrected chi connectivity index (χ3v) is 2.08. The lowest BCUT2D eigenvalue weighted by atomic mass is 10.1. The van der Waals surface area contributed by atoms with Gasteiger partial charge >= 0.3 is 5.97 Å². The minimum atomic E-state index is -1.10. The summed E-state index contributed by atoms with van der Waals surface area (Å²) in [7, 11) is 0. The molecule has 88 valence electrons. The third-order valence-electron chi connectivity index (χ3n) is 2.08. The lowest BCUT2D eigenvalue weighted by Crippen LogP contribution is -2.29. The lowest BCUT2D eigenvalue weighted by Gasteiger charge is -2.14. The van der Waals surface area contributed by atoms with E-state index in [1.54, 1.807) is 0 Å². The summed E-state index contributed by atoms with van der Waals surface area (Å²) < 4.78 is 13.0. The van der Waals surface area contributed by atoms with Crippen molar-refractivity contribution in [1.82, 2.24) is 5.32 Å². The second-order valence-corrected chi connectivity index (χ2v) is 3.47. The largest absolute Gasteiger partial charge is 0.508 e. The Hall–Kier alpha value is -1.62. The SMILES string of the molecule is CCCNC(C(=O)O)c1cc(O)cc(F)c1. The summed E-state index contributed by atoms with van der Waals surface area (Å²) in [6, 6.07) is 2.27. The number of hydrogen-bond acceptors (Lipinski definition) is 3. The number of aromatic hydroxyl groups is 1. The minimum absolute atomic E-state index is 0.207. The number of rotatable bonds is 5. The van der Waals surface area contributed by atoms with Crippen LogP contribution < -0.4 is 5.32 Å². The molecule has 0 saturated carbocycles. The summed E-state index contributed by atoms with van der Waals surface area (Å²) in [5, 5.41) is 20.9. The number of phenolic OH excluding ortho intramolecular Hbond substituents is 1. The van der Waals surface area contributed by atoms with Crippen LogP contribution >= 0.6 is 0 Å². The van der Waals surface area contributed by atoms with E-state index in [0.717, 1.165) is 18.6 Å². The van der Waals surface area contributed by atoms with Crippen LogP contribution in [0.5, 0.6) is 5.75 Å². The summed E-state index contributed by atoms with van der Waals surface area (Å²) >= 11 is 0. The van der Waals surface area contributed by atoms with Crippen molar-refractivity contribution >= 4 is 5.97 Å². The molecule has 1 atom stereocenters. The standard InChI is InChI=1S/C11H14FNO3/c1-2-3-13-10(11(15)16)7-4-8(12)6-9(14)5-7/h4-6,10,13-14H,2-3H2,1H3,(H,15,16). The molecule has 0 aromatic heterocycles. The molecule has 0 saturated heterocycles. The Labute approximate surface area is 92.7 Å². The van der Waals surface area contributed by atoms with Gasteiger partial charge in [-0.15, -0.1) is 0 Å². The number of halogens is 1. The zero-order valence-electron chi connectivity index (χ0n) is 8.90. The Kier molecular flexibility index (Phi) is 4.25. The molecule has 0 fully saturated rings. The van der Waals surface area contributed by atoms with Crippen LogP contribution in [0, 0.1) is 5.82 Å². The fourth-order valence-corrected chi connectivity index (χ4v) is 1.40. The maximum Gasteiger partial charge on any atom is 0.325 e. The van der Waals surface area contributed by atoms with Gasteiger partial charge < -0.3 is 15.5 Å². The first kappa shape index (κ1) is 12.4. The van der Waals surface area contributed by atoms with Crippen LogP contribution in [0.1, 0.15) is 24.9 Å². The fraction of sp³-hybridized carbons (Fsp3) is 0.364. The average Bonchev–Trinajstić information content (AvgIpc) is 2.16. The van der Waals surface area contributed by atoms with Gasteiger partial charge in [0.05, 0.1) is 0 Å². The van der Waals surface area contributed by atoms with Gasteiger partial charge in [-0.25, -0.2) is 4.39 Å². The molecule has 1 aromatic rings. The highest BCUT2D eigenvalue weighted by Crippen LogP contribution is 2.20. The zero-order chi connectivity index (χ0) is 12.1. The number of hydrogen-bond donors (Lipinski definition) is 3. The Morgan fingerprint density at radius 2 is 2.19 bits per heavy atom. The van der Waals surface area contributed by atoms with E-state index in [2.05, 4.69) is 5.32 Å². The van der Waals surface area contributed by atoms with E-state index in [9.17, 15) is 14.3 Å². The van der Waals surface area contributed by atoms with E-state index >= 15 is 0 Å². The van der Waals surface area contributed by atoms with Gasteiger partial charge in [0.1, 0.15) is 17.6 Å². The van der Waals surface area contributed by atoms with Gasteiger partial charge in [0.2, 0.25) is 0 Å². The quantitative estimate of drug-likeness (QED) is 0.715. The molecule has 16 heavy (non-hydrogen) atoms. The van der Waals surface area contributed by atoms with Crippen molar-refractivity contribution in [2.24, 2.45) is 0 Å². The summed E-state index contributed by atoms with van der Waals surface area (Å²) in [5.74, 6) is -2.03. The minimum Gasteiger partial charge on any atom is -0.508 e. The molecule has 0 heterocycles. The van der Waals surface area contributed by atoms with Crippen LogP contribution in [0.3, 0.4) is 0 Å². The molecule has 0 bridgehead atoms. The van der Waals surface area contributed by atoms with Crippen molar-refractivity contribution < 1.29 is 19.4 Å². The van der Waals surface area contributed by atoms with Crippen molar-refractivity contribution in [3.05, 3.63) is 29.6 Å². The van der Waals surface area contributed by atoms with Crippen molar-refractivity contribution in [3.63, 3.8) is 0 Å². The maximum absolute atomic E-state index is 13.0. The Morgan fingerprint density at radius 3 is 2.69 bits per heavy atom. The number of phenols is 1. The topological polar surface area (TPSA) is 69.6 Å². The molecular weight excluding hydrogens is 213 g/mol. The number of carboxylic acids is 1. The molecule has 0 aliphatic rings. The Morgan fingerprint density at radius 1 is 1.50 bits per heavy atom. The first-order valence-electron chi connectivity index (χ1n) is 5.00. The molecule has 1 aromatic carbocycles. The monoisotopic (exact) mass is 227 g/mol. The van der Waals surface area contributed by atoms with Crippen LogP contribution in [0.25, 0.3) is 0 Å². The smallest absolute Gasteiger partial charge is 0.325 e. The third kappa shape index (κ3) is 3.20. The zero-order valence-corrected chi connectivity index (χ0v) is 8.90. The van der Waals surface area contributed by atoms with Crippen LogP contribution in [-0.4, -0.2) is 22.7 Å². The first-order valence-corrected chi connectivity index (χ1v) is 5.00. The summed E-state index contributed by atoms with van der Waals surface area (Å²) in [4.78, 5) is 11.0. The first-order chi connectivity index (χ1) is 7.54. The second-order valence-electron chi connectivity index (χ2n) is 3.47. The molecule has 3 N–H and O–H groups in total. The molecule has 0 aliphatic heterocycles. The van der Waals surface area contributed by atoms with Crippen LogP contribution in [0.4, 0.5) is 4.39 Å². The fourth-order valence-electron chi connectivity index (χ4n) is 1.40. The molecule has 0 radical (unpaired) electrons. The van der Waals surface area contributed by atoms with E-state index in [4.69, 9.17) is 5.11 Å². The van der Waals surface area contributed by atoms with Crippen molar-refractivity contribution in [2.45, 2.75) is 19.4 Å². The highest BCUT2D eigenvalue weighted by molar-refractivity contribution is 5.75. The van der Waals surface area contributed by atoms with Crippen LogP contribution in [-0.2, 0) is 4.79 Å². The summed E-state index contributed by atoms with van der Waals surface area (Å²) in [5.41, 5.74) is 0.207. The average molecular weight is 227 g/mol. The van der Waals surface area contributed by atoms with Crippen molar-refractivity contribution in [3.8, 4) is 5.75 Å². The predicted octanol–water partition coefficient (Wildman–Crippen LogP) is 1.66. The lowest BCUT2D eigenvalue weighted by molar-refractivity contribution is -0.139. The normalized spacial score (nSPS) is 12.4. The van der Waals surface area contributed by atoms with E-state index in [0.29, 0.717) is 6.54 Å². The summed E-state index contributed by atoms with van der Waals surface area (Å²) in [6.07, 6.45) is 0.769. The molecule has 0 spiro atoms. The van der Waals surface area contributed by atoms with Gasteiger partial charge in [0, 0.05) is 6.07 Å². The van der Waals surface area contributed by atoms with Crippen LogP contribution in [0.2, 0.25) is 0 Å². The van der Waals surface area contributed by atoms with E-state index < -0.39 is 17.8 Å². The number of benzene rings is 1. The molecule has 0 amide bonds. The molecule has 5 heteroatoms. The van der Waals surface area contributed by atoms with Gasteiger partial charge in [-0.2, -0.15) is 0 Å². The predicted molar refractivity (Wildman–Crippen MR) is 56.7 cm³/mol. The maximum atomic E-state index is 13.0. The Bertz CT molecular complexity index is 361. The number of carboxylic acid groups (broad SMARTS) is 1. The van der Waals surface area contributed by atoms with Gasteiger partial charge in [0.25, 0.3) is 0 Å². The molecule has 1 rings (SSSR count). The van der Waals surface area contributed by atoms with E-state index in [1.807, 2.05) is 6.92 Å². The number of carbonyl (C=O) groups is 1. The van der Waals surface area contributed by atoms with Crippen molar-refractivity contribution in [1.29, 1.82) is 0 Å². The molecule has 1 unspecified atom stereocenters. The van der Waals surface area contributed by atoms with E-state index in [-0.39, 0.29) is 11.3 Å².